The van der Waals surface area contributed by atoms with Gasteiger partial charge >= 0.3 is 0 Å². The molecule has 0 atom stereocenters. The van der Waals surface area contributed by atoms with Gasteiger partial charge in [-0.2, -0.15) is 0 Å². The maximum Gasteiger partial charge on any atom is 0.141 e. The van der Waals surface area contributed by atoms with E-state index < -0.39 is 0 Å². The van der Waals surface area contributed by atoms with E-state index in [1.54, 1.807) is 18.2 Å². The van der Waals surface area contributed by atoms with Crippen molar-refractivity contribution in [1.82, 2.24) is 4.98 Å². The molecule has 3 N–H and O–H groups in total. The largest absolute Gasteiger partial charge is 0.508 e. The van der Waals surface area contributed by atoms with Crippen LogP contribution >= 0.6 is 0 Å². The molecule has 100 valence electrons. The summed E-state index contributed by atoms with van der Waals surface area (Å²) in [4.78, 5) is 4.44. The average Bonchev–Trinajstić information content (AvgIpc) is 2.38. The molecule has 0 saturated carbocycles. The van der Waals surface area contributed by atoms with Crippen molar-refractivity contribution in [3.63, 3.8) is 0 Å². The molecule has 0 radical (unpaired) electrons. The average molecular weight is 258 g/mol. The van der Waals surface area contributed by atoms with Crippen molar-refractivity contribution in [2.24, 2.45) is 5.73 Å². The van der Waals surface area contributed by atoms with Crippen LogP contribution in [0, 0.1) is 6.92 Å². The lowest BCUT2D eigenvalue weighted by Gasteiger charge is -2.11. The normalized spacial score (nSPS) is 10.4. The first-order chi connectivity index (χ1) is 9.19. The Hall–Kier alpha value is -2.07. The Kier molecular flexibility index (Phi) is 4.36. The topological polar surface area (TPSA) is 68.4 Å². The molecule has 1 aromatic heterocycles. The Labute approximate surface area is 112 Å². The molecule has 4 heteroatoms. The number of benzene rings is 1. The third-order valence-corrected chi connectivity index (χ3v) is 2.76. The van der Waals surface area contributed by atoms with Gasteiger partial charge in [-0.1, -0.05) is 12.1 Å². The summed E-state index contributed by atoms with van der Waals surface area (Å²) in [5.74, 6) is 0.990. The summed E-state index contributed by atoms with van der Waals surface area (Å²) in [6.45, 7) is 2.88. The summed E-state index contributed by atoms with van der Waals surface area (Å²) in [6, 6.07) is 10.8. The molecule has 0 aliphatic carbocycles. The lowest BCUT2D eigenvalue weighted by atomic mass is 10.2. The summed E-state index contributed by atoms with van der Waals surface area (Å²) in [5, 5.41) is 9.40. The molecule has 0 amide bonds. The molecule has 2 rings (SSSR count). The number of nitrogens with zero attached hydrogens (tertiary/aromatic N) is 1. The summed E-state index contributed by atoms with van der Waals surface area (Å²) in [6.07, 6.45) is 0.692. The van der Waals surface area contributed by atoms with Crippen molar-refractivity contribution in [2.75, 3.05) is 6.54 Å². The number of aromatic hydroxyl groups is 1. The zero-order chi connectivity index (χ0) is 13.7. The molecule has 0 spiro atoms. The highest BCUT2D eigenvalue weighted by Gasteiger charge is 2.06. The van der Waals surface area contributed by atoms with E-state index >= 15 is 0 Å². The Morgan fingerprint density at radius 2 is 2.11 bits per heavy atom. The van der Waals surface area contributed by atoms with Crippen molar-refractivity contribution in [3.05, 3.63) is 53.3 Å². The van der Waals surface area contributed by atoms with E-state index in [0.29, 0.717) is 19.6 Å². The van der Waals surface area contributed by atoms with E-state index in [1.807, 2.05) is 25.1 Å². The molecular formula is C15H18N2O2. The third-order valence-electron chi connectivity index (χ3n) is 2.76. The van der Waals surface area contributed by atoms with E-state index in [1.165, 1.54) is 0 Å². The Morgan fingerprint density at radius 3 is 2.84 bits per heavy atom. The number of aryl methyl sites for hydroxylation is 1. The minimum absolute atomic E-state index is 0.241. The summed E-state index contributed by atoms with van der Waals surface area (Å²) < 4.78 is 5.76. The molecule has 0 unspecified atom stereocenters. The molecule has 19 heavy (non-hydrogen) atoms. The highest BCUT2D eigenvalue weighted by Crippen LogP contribution is 2.20. The predicted molar refractivity (Wildman–Crippen MR) is 74.2 cm³/mol. The van der Waals surface area contributed by atoms with E-state index in [0.717, 1.165) is 22.7 Å². The highest BCUT2D eigenvalue weighted by atomic mass is 16.5. The Balaban J connectivity index is 2.10. The third kappa shape index (κ3) is 3.69. The standard InChI is InChI=1S/C15H18N2O2/c1-11-5-6-15(14(17-11)7-8-16)19-10-12-3-2-4-13(18)9-12/h2-6,9,18H,7-8,10,16H2,1H3. The maximum atomic E-state index is 9.40. The van der Waals surface area contributed by atoms with Crippen LogP contribution in [0.1, 0.15) is 17.0 Å². The van der Waals surface area contributed by atoms with E-state index in [4.69, 9.17) is 10.5 Å². The van der Waals surface area contributed by atoms with Crippen molar-refractivity contribution in [3.8, 4) is 11.5 Å². The molecule has 1 aromatic carbocycles. The molecule has 0 bridgehead atoms. The Bertz CT molecular complexity index is 556. The van der Waals surface area contributed by atoms with Crippen LogP contribution in [0.4, 0.5) is 0 Å². The second kappa shape index (κ2) is 6.20. The van der Waals surface area contributed by atoms with Crippen molar-refractivity contribution in [2.45, 2.75) is 20.0 Å². The number of hydrogen-bond donors (Lipinski definition) is 2. The molecule has 0 fully saturated rings. The number of rotatable bonds is 5. The number of pyridine rings is 1. The summed E-state index contributed by atoms with van der Waals surface area (Å²) in [5.41, 5.74) is 8.32. The van der Waals surface area contributed by atoms with Gasteiger partial charge in [0.25, 0.3) is 0 Å². The highest BCUT2D eigenvalue weighted by molar-refractivity contribution is 5.31. The van der Waals surface area contributed by atoms with Crippen LogP contribution in [0.3, 0.4) is 0 Å². The van der Waals surface area contributed by atoms with Gasteiger partial charge in [-0.25, -0.2) is 0 Å². The SMILES string of the molecule is Cc1ccc(OCc2cccc(O)c2)c(CCN)n1. The number of hydrogen-bond acceptors (Lipinski definition) is 4. The summed E-state index contributed by atoms with van der Waals surface area (Å²) >= 11 is 0. The number of nitrogens with two attached hydrogens (primary N) is 1. The monoisotopic (exact) mass is 258 g/mol. The minimum atomic E-state index is 0.241. The first kappa shape index (κ1) is 13.4. The zero-order valence-electron chi connectivity index (χ0n) is 11.0. The van der Waals surface area contributed by atoms with Gasteiger partial charge in [0, 0.05) is 12.1 Å². The molecule has 2 aromatic rings. The number of phenolic OH excluding ortho intramolecular Hbond substituents is 1. The van der Waals surface area contributed by atoms with Gasteiger partial charge in [0.05, 0.1) is 5.69 Å². The minimum Gasteiger partial charge on any atom is -0.508 e. The smallest absolute Gasteiger partial charge is 0.141 e. The van der Waals surface area contributed by atoms with E-state index in [9.17, 15) is 5.11 Å². The van der Waals surface area contributed by atoms with Gasteiger partial charge < -0.3 is 15.6 Å². The van der Waals surface area contributed by atoms with Crippen LogP contribution in [0.25, 0.3) is 0 Å². The molecule has 0 saturated heterocycles. The molecular weight excluding hydrogens is 240 g/mol. The number of phenols is 1. The fourth-order valence-electron chi connectivity index (χ4n) is 1.85. The van der Waals surface area contributed by atoms with Crippen LogP contribution in [-0.4, -0.2) is 16.6 Å². The molecule has 0 aliphatic rings. The van der Waals surface area contributed by atoms with Gasteiger partial charge in [-0.15, -0.1) is 0 Å². The number of ether oxygens (including phenoxy) is 1. The molecule has 0 aliphatic heterocycles. The van der Waals surface area contributed by atoms with E-state index in [2.05, 4.69) is 4.98 Å². The lowest BCUT2D eigenvalue weighted by molar-refractivity contribution is 0.300. The van der Waals surface area contributed by atoms with Crippen molar-refractivity contribution >= 4 is 0 Å². The second-order valence-electron chi connectivity index (χ2n) is 4.39. The second-order valence-corrected chi connectivity index (χ2v) is 4.39. The summed E-state index contributed by atoms with van der Waals surface area (Å²) in [7, 11) is 0. The Morgan fingerprint density at radius 1 is 1.26 bits per heavy atom. The fraction of sp³-hybridized carbons (Fsp3) is 0.267. The van der Waals surface area contributed by atoms with Crippen LogP contribution in [0.2, 0.25) is 0 Å². The van der Waals surface area contributed by atoms with Gasteiger partial charge in [0.2, 0.25) is 0 Å². The van der Waals surface area contributed by atoms with Gasteiger partial charge in [0.1, 0.15) is 18.1 Å². The molecule has 4 nitrogen and oxygen atoms in total. The first-order valence-corrected chi connectivity index (χ1v) is 6.26. The van der Waals surface area contributed by atoms with Crippen LogP contribution < -0.4 is 10.5 Å². The zero-order valence-corrected chi connectivity index (χ0v) is 11.0. The van der Waals surface area contributed by atoms with Crippen molar-refractivity contribution in [1.29, 1.82) is 0 Å². The van der Waals surface area contributed by atoms with E-state index in [-0.39, 0.29) is 5.75 Å². The fourth-order valence-corrected chi connectivity index (χ4v) is 1.85. The van der Waals surface area contributed by atoms with Crippen LogP contribution in [-0.2, 0) is 13.0 Å². The first-order valence-electron chi connectivity index (χ1n) is 6.26. The molecule has 1 heterocycles. The van der Waals surface area contributed by atoms with Gasteiger partial charge in [0.15, 0.2) is 0 Å². The quantitative estimate of drug-likeness (QED) is 0.862. The van der Waals surface area contributed by atoms with Crippen molar-refractivity contribution < 1.29 is 9.84 Å². The van der Waals surface area contributed by atoms with Crippen LogP contribution in [0.15, 0.2) is 36.4 Å². The lowest BCUT2D eigenvalue weighted by Crippen LogP contribution is -2.08. The van der Waals surface area contributed by atoms with Crippen LogP contribution in [0.5, 0.6) is 11.5 Å². The van der Waals surface area contributed by atoms with Gasteiger partial charge in [-0.3, -0.25) is 4.98 Å². The maximum absolute atomic E-state index is 9.40. The number of aromatic nitrogens is 1. The predicted octanol–water partition coefficient (Wildman–Crippen LogP) is 2.18. The van der Waals surface area contributed by atoms with Gasteiger partial charge in [-0.05, 0) is 43.3 Å².